The molecule has 0 radical (unpaired) electrons. The van der Waals surface area contributed by atoms with Crippen LogP contribution >= 0.6 is 0 Å². The zero-order chi connectivity index (χ0) is 10.6. The summed E-state index contributed by atoms with van der Waals surface area (Å²) < 4.78 is 0. The number of hydrogen-bond acceptors (Lipinski definition) is 1. The predicted molar refractivity (Wildman–Crippen MR) is 60.6 cm³/mol. The Hall–Kier alpha value is 1.11. The van der Waals surface area contributed by atoms with Gasteiger partial charge in [-0.15, -0.1) is 0 Å². The first-order chi connectivity index (χ1) is 6.77. The molecule has 0 bridgehead atoms. The molecule has 0 saturated heterocycles. The number of carbonyl (C=O) groups is 1. The first kappa shape index (κ1) is 18.5. The first-order valence-electron chi connectivity index (χ1n) is 5.99. The minimum atomic E-state index is -0.659. The van der Waals surface area contributed by atoms with Crippen LogP contribution in [0.1, 0.15) is 72.6 Å². The minimum absolute atomic E-state index is 0. The van der Waals surface area contributed by atoms with E-state index in [0.717, 1.165) is 12.8 Å². The van der Waals surface area contributed by atoms with Gasteiger partial charge in [-0.2, -0.15) is 0 Å². The zero-order valence-electron chi connectivity index (χ0n) is 11.4. The average Bonchev–Trinajstić information content (AvgIpc) is 2.15. The van der Waals surface area contributed by atoms with Crippen LogP contribution in [-0.4, -0.2) is 11.1 Å². The second-order valence-corrected chi connectivity index (χ2v) is 3.97. The molecule has 0 fully saturated rings. The van der Waals surface area contributed by atoms with Gasteiger partial charge in [0, 0.05) is 6.42 Å². The maximum absolute atomic E-state index is 10.2. The summed E-state index contributed by atoms with van der Waals surface area (Å²) in [4.78, 5) is 10.2. The molecule has 84 valence electrons. The summed E-state index contributed by atoms with van der Waals surface area (Å²) in [7, 11) is 0. The van der Waals surface area contributed by atoms with E-state index in [1.165, 1.54) is 44.9 Å². The van der Waals surface area contributed by atoms with E-state index in [1.54, 1.807) is 0 Å². The Morgan fingerprint density at radius 2 is 1.33 bits per heavy atom. The monoisotopic (exact) mass is 240 g/mol. The smallest absolute Gasteiger partial charge is 0.481 e. The molecule has 0 aromatic rings. The van der Waals surface area contributed by atoms with Gasteiger partial charge in [-0.3, -0.25) is 4.79 Å². The average molecular weight is 240 g/mol. The van der Waals surface area contributed by atoms with E-state index < -0.39 is 5.97 Å². The topological polar surface area (TPSA) is 37.3 Å². The van der Waals surface area contributed by atoms with E-state index in [0.29, 0.717) is 6.42 Å². The van der Waals surface area contributed by atoms with Gasteiger partial charge in [0.1, 0.15) is 0 Å². The molecule has 0 heterocycles. The molecule has 0 amide bonds. The van der Waals surface area contributed by atoms with Crippen LogP contribution in [0.5, 0.6) is 0 Å². The second-order valence-electron chi connectivity index (χ2n) is 3.97. The largest absolute Gasteiger partial charge is 1.00 e. The summed E-state index contributed by atoms with van der Waals surface area (Å²) in [6.07, 6.45) is 11.5. The Morgan fingerprint density at radius 3 is 1.73 bits per heavy atom. The van der Waals surface area contributed by atoms with Crippen LogP contribution in [0.2, 0.25) is 0 Å². The van der Waals surface area contributed by atoms with Crippen LogP contribution in [-0.2, 0) is 4.79 Å². The predicted octanol–water partition coefficient (Wildman–Crippen LogP) is 1.11. The van der Waals surface area contributed by atoms with Crippen molar-refractivity contribution < 1.29 is 62.7 Å². The van der Waals surface area contributed by atoms with Crippen molar-refractivity contribution in [3.63, 3.8) is 0 Å². The summed E-state index contributed by atoms with van der Waals surface area (Å²) in [5.41, 5.74) is 0. The summed E-state index contributed by atoms with van der Waals surface area (Å²) in [5.74, 6) is -0.659. The molecule has 0 rings (SSSR count). The molecule has 2 nitrogen and oxygen atoms in total. The molecule has 0 aliphatic heterocycles. The summed E-state index contributed by atoms with van der Waals surface area (Å²) in [6, 6.07) is 0. The molecular weight excluding hydrogens is 215 g/mol. The van der Waals surface area contributed by atoms with Crippen LogP contribution in [0.3, 0.4) is 0 Å². The first-order valence-corrected chi connectivity index (χ1v) is 5.99. The van der Waals surface area contributed by atoms with Crippen molar-refractivity contribution in [2.75, 3.05) is 0 Å². The van der Waals surface area contributed by atoms with Gasteiger partial charge >= 0.3 is 58.8 Å². The van der Waals surface area contributed by atoms with Crippen LogP contribution in [0, 0.1) is 0 Å². The number of aliphatic carboxylic acids is 1. The summed E-state index contributed by atoms with van der Waals surface area (Å²) in [5, 5.41) is 8.41. The molecule has 0 spiro atoms. The number of unbranched alkanes of at least 4 members (excludes halogenated alkanes) is 8. The van der Waals surface area contributed by atoms with Gasteiger partial charge in [0.15, 0.2) is 0 Å². The molecular formula is C12H25KO2+2. The van der Waals surface area contributed by atoms with E-state index in [4.69, 9.17) is 5.11 Å². The molecule has 0 aromatic carbocycles. The number of carboxylic acids is 1. The van der Waals surface area contributed by atoms with Crippen molar-refractivity contribution in [3.05, 3.63) is 0 Å². The molecule has 0 aliphatic rings. The van der Waals surface area contributed by atoms with Crippen LogP contribution in [0.15, 0.2) is 0 Å². The van der Waals surface area contributed by atoms with Crippen LogP contribution < -0.4 is 51.4 Å². The Kier molecular flexibility index (Phi) is 18.6. The number of carboxylic acid groups (broad SMARTS) is 1. The maximum atomic E-state index is 10.2. The molecule has 0 saturated carbocycles. The second kappa shape index (κ2) is 15.1. The number of rotatable bonds is 10. The Labute approximate surface area is 138 Å². The van der Waals surface area contributed by atoms with E-state index >= 15 is 0 Å². The third kappa shape index (κ3) is 17.7. The summed E-state index contributed by atoms with van der Waals surface area (Å²) >= 11 is 0. The third-order valence-corrected chi connectivity index (χ3v) is 2.49. The van der Waals surface area contributed by atoms with E-state index in [2.05, 4.69) is 6.92 Å². The van der Waals surface area contributed by atoms with Crippen LogP contribution in [0.4, 0.5) is 0 Å². The molecule has 1 N–H and O–H groups in total. The SMILES string of the molecule is CCCCCCCCCCCC(=O)O.[H+].[K+]. The molecule has 3 heteroatoms. The van der Waals surface area contributed by atoms with Gasteiger partial charge in [-0.05, 0) is 6.42 Å². The third-order valence-electron chi connectivity index (χ3n) is 2.49. The standard InChI is InChI=1S/C12H24O2.K/c1-2-3-4-5-6-7-8-9-10-11-12(13)14;/h2-11H2,1H3,(H,13,14);/q;+1/p+1. The normalized spacial score (nSPS) is 9.67. The molecule has 0 aliphatic carbocycles. The van der Waals surface area contributed by atoms with Crippen molar-refractivity contribution >= 4 is 5.97 Å². The molecule has 15 heavy (non-hydrogen) atoms. The van der Waals surface area contributed by atoms with Gasteiger partial charge in [-0.25, -0.2) is 0 Å². The minimum Gasteiger partial charge on any atom is -0.481 e. The Bertz CT molecular complexity index is 143. The van der Waals surface area contributed by atoms with Crippen molar-refractivity contribution in [2.45, 2.75) is 71.1 Å². The fourth-order valence-corrected chi connectivity index (χ4v) is 1.59. The molecule has 0 unspecified atom stereocenters. The van der Waals surface area contributed by atoms with Gasteiger partial charge in [0.05, 0.1) is 0 Å². The van der Waals surface area contributed by atoms with E-state index in [-0.39, 0.29) is 52.8 Å². The Morgan fingerprint density at radius 1 is 0.933 bits per heavy atom. The summed E-state index contributed by atoms with van der Waals surface area (Å²) in [6.45, 7) is 2.23. The van der Waals surface area contributed by atoms with Crippen molar-refractivity contribution in [1.29, 1.82) is 0 Å². The van der Waals surface area contributed by atoms with Crippen molar-refractivity contribution in [3.8, 4) is 0 Å². The zero-order valence-corrected chi connectivity index (χ0v) is 13.5. The molecule has 0 atom stereocenters. The quantitative estimate of drug-likeness (QED) is 0.459. The van der Waals surface area contributed by atoms with Gasteiger partial charge in [0.2, 0.25) is 0 Å². The number of hydrogen-bond donors (Lipinski definition) is 1. The van der Waals surface area contributed by atoms with Gasteiger partial charge in [0.25, 0.3) is 0 Å². The van der Waals surface area contributed by atoms with Gasteiger partial charge < -0.3 is 5.11 Å². The van der Waals surface area contributed by atoms with Crippen molar-refractivity contribution in [2.24, 2.45) is 0 Å². The Balaban J connectivity index is -0.000000845. The van der Waals surface area contributed by atoms with E-state index in [9.17, 15) is 4.79 Å². The molecule has 0 aromatic heterocycles. The van der Waals surface area contributed by atoms with E-state index in [1.807, 2.05) is 0 Å². The van der Waals surface area contributed by atoms with Crippen molar-refractivity contribution in [1.82, 2.24) is 0 Å². The van der Waals surface area contributed by atoms with Crippen LogP contribution in [0.25, 0.3) is 0 Å². The van der Waals surface area contributed by atoms with Gasteiger partial charge in [-0.1, -0.05) is 58.3 Å². The fraction of sp³-hybridized carbons (Fsp3) is 0.917. The fourth-order valence-electron chi connectivity index (χ4n) is 1.59. The maximum Gasteiger partial charge on any atom is 1.00 e.